The zero-order valence-corrected chi connectivity index (χ0v) is 31.4. The lowest BCUT2D eigenvalue weighted by atomic mass is 9.95. The van der Waals surface area contributed by atoms with Crippen LogP contribution >= 0.6 is 0 Å². The second-order valence-corrected chi connectivity index (χ2v) is 14.6. The first kappa shape index (κ1) is 35.4. The maximum absolute atomic E-state index is 6.03. The molecule has 1 aromatic heterocycles. The number of likely N-dealkylation sites (tertiary alicyclic amines) is 1. The molecule has 2 heterocycles. The second-order valence-electron chi connectivity index (χ2n) is 14.6. The third-order valence-electron chi connectivity index (χ3n) is 10.9. The van der Waals surface area contributed by atoms with E-state index in [-0.39, 0.29) is 0 Å². The average Bonchev–Trinajstić information content (AvgIpc) is 3.12. The van der Waals surface area contributed by atoms with Crippen LogP contribution in [0.25, 0.3) is 22.3 Å². The summed E-state index contributed by atoms with van der Waals surface area (Å²) in [6.45, 7) is 20.2. The van der Waals surface area contributed by atoms with E-state index in [1.807, 2.05) is 12.4 Å². The number of piperidine rings is 1. The van der Waals surface area contributed by atoms with Gasteiger partial charge < -0.3 is 9.64 Å². The molecule has 4 heteroatoms. The highest BCUT2D eigenvalue weighted by molar-refractivity contribution is 5.68. The lowest BCUT2D eigenvalue weighted by molar-refractivity contribution is 0.200. The summed E-state index contributed by atoms with van der Waals surface area (Å²) in [4.78, 5) is 9.91. The Morgan fingerprint density at radius 1 is 0.680 bits per heavy atom. The van der Waals surface area contributed by atoms with Gasteiger partial charge >= 0.3 is 0 Å². The van der Waals surface area contributed by atoms with Crippen molar-refractivity contribution in [3.05, 3.63) is 136 Å². The third-order valence-corrected chi connectivity index (χ3v) is 10.9. The SMILES string of the molecule is CCCCOc1ccc(N(Cc2cccc(-c3cc(C)c(C)c(C)c3)c2)C2CCN(Cc3cncc(-c4cc(C)c(C)c(C)c4)c3)CC2)cc1. The van der Waals surface area contributed by atoms with E-state index in [1.54, 1.807) is 0 Å². The molecule has 0 saturated carbocycles. The summed E-state index contributed by atoms with van der Waals surface area (Å²) < 4.78 is 6.03. The molecule has 1 aliphatic rings. The number of pyridine rings is 1. The molecule has 0 aliphatic carbocycles. The molecule has 0 unspecified atom stereocenters. The fraction of sp³-hybridized carbons (Fsp3) is 0.370. The van der Waals surface area contributed by atoms with E-state index in [9.17, 15) is 0 Å². The maximum Gasteiger partial charge on any atom is 0.119 e. The number of anilines is 1. The second kappa shape index (κ2) is 16.1. The highest BCUT2D eigenvalue weighted by atomic mass is 16.5. The van der Waals surface area contributed by atoms with Gasteiger partial charge in [0.1, 0.15) is 5.75 Å². The number of ether oxygens (including phenoxy) is 1. The van der Waals surface area contributed by atoms with Crippen molar-refractivity contribution in [3.8, 4) is 28.0 Å². The fourth-order valence-electron chi connectivity index (χ4n) is 7.33. The van der Waals surface area contributed by atoms with E-state index in [4.69, 9.17) is 4.74 Å². The van der Waals surface area contributed by atoms with Crippen LogP contribution in [0.3, 0.4) is 0 Å². The quantitative estimate of drug-likeness (QED) is 0.124. The lowest BCUT2D eigenvalue weighted by Gasteiger charge is -2.40. The van der Waals surface area contributed by atoms with Crippen molar-refractivity contribution in [2.24, 2.45) is 0 Å². The van der Waals surface area contributed by atoms with Gasteiger partial charge in [-0.25, -0.2) is 0 Å². The van der Waals surface area contributed by atoms with E-state index in [2.05, 4.69) is 142 Å². The highest BCUT2D eigenvalue weighted by Crippen LogP contribution is 2.31. The Morgan fingerprint density at radius 2 is 1.28 bits per heavy atom. The third kappa shape index (κ3) is 8.47. The van der Waals surface area contributed by atoms with E-state index in [0.29, 0.717) is 6.04 Å². The maximum atomic E-state index is 6.03. The molecular weight excluding hydrogens is 611 g/mol. The van der Waals surface area contributed by atoms with Crippen LogP contribution in [0, 0.1) is 41.5 Å². The van der Waals surface area contributed by atoms with Crippen molar-refractivity contribution in [1.82, 2.24) is 9.88 Å². The molecule has 5 aromatic rings. The Balaban J connectivity index is 1.19. The first-order valence-electron chi connectivity index (χ1n) is 18.6. The number of benzene rings is 4. The smallest absolute Gasteiger partial charge is 0.119 e. The van der Waals surface area contributed by atoms with Crippen molar-refractivity contribution >= 4 is 5.69 Å². The summed E-state index contributed by atoms with van der Waals surface area (Å²) in [5.74, 6) is 0.955. The largest absolute Gasteiger partial charge is 0.494 e. The Labute approximate surface area is 301 Å². The minimum atomic E-state index is 0.452. The number of nitrogens with zero attached hydrogens (tertiary/aromatic N) is 3. The molecule has 260 valence electrons. The topological polar surface area (TPSA) is 28.6 Å². The molecule has 0 atom stereocenters. The Bertz CT molecular complexity index is 1860. The van der Waals surface area contributed by atoms with Crippen LogP contribution in [0.1, 0.15) is 77.1 Å². The van der Waals surface area contributed by atoms with Crippen LogP contribution in [0.2, 0.25) is 0 Å². The van der Waals surface area contributed by atoms with Gasteiger partial charge in [-0.2, -0.15) is 0 Å². The molecule has 4 aromatic carbocycles. The Kier molecular flexibility index (Phi) is 11.4. The van der Waals surface area contributed by atoms with Gasteiger partial charge in [0.25, 0.3) is 0 Å². The van der Waals surface area contributed by atoms with Crippen LogP contribution in [-0.2, 0) is 13.1 Å². The molecule has 0 bridgehead atoms. The van der Waals surface area contributed by atoms with Crippen LogP contribution in [0.5, 0.6) is 5.75 Å². The Morgan fingerprint density at radius 3 is 1.90 bits per heavy atom. The van der Waals surface area contributed by atoms with Gasteiger partial charge in [0, 0.05) is 55.9 Å². The zero-order valence-electron chi connectivity index (χ0n) is 31.4. The number of hydrogen-bond donors (Lipinski definition) is 0. The zero-order chi connectivity index (χ0) is 35.2. The molecule has 50 heavy (non-hydrogen) atoms. The van der Waals surface area contributed by atoms with Gasteiger partial charge in [-0.3, -0.25) is 9.88 Å². The number of aromatic nitrogens is 1. The van der Waals surface area contributed by atoms with E-state index in [0.717, 1.165) is 64.2 Å². The fourth-order valence-corrected chi connectivity index (χ4v) is 7.33. The van der Waals surface area contributed by atoms with Crippen molar-refractivity contribution in [3.63, 3.8) is 0 Å². The summed E-state index contributed by atoms with van der Waals surface area (Å²) in [6, 6.07) is 30.0. The highest BCUT2D eigenvalue weighted by Gasteiger charge is 2.26. The molecule has 1 saturated heterocycles. The van der Waals surface area contributed by atoms with Crippen molar-refractivity contribution in [2.45, 2.75) is 93.3 Å². The van der Waals surface area contributed by atoms with E-state index in [1.165, 1.54) is 72.4 Å². The summed E-state index contributed by atoms with van der Waals surface area (Å²) in [6.07, 6.45) is 8.51. The van der Waals surface area contributed by atoms with Gasteiger partial charge in [-0.05, 0) is 158 Å². The monoisotopic (exact) mass is 665 g/mol. The lowest BCUT2D eigenvalue weighted by Crippen LogP contribution is -2.44. The van der Waals surface area contributed by atoms with E-state index < -0.39 is 0 Å². The van der Waals surface area contributed by atoms with Crippen molar-refractivity contribution < 1.29 is 4.74 Å². The van der Waals surface area contributed by atoms with Gasteiger partial charge in [-0.15, -0.1) is 0 Å². The first-order chi connectivity index (χ1) is 24.2. The molecule has 4 nitrogen and oxygen atoms in total. The van der Waals surface area contributed by atoms with Gasteiger partial charge in [0.15, 0.2) is 0 Å². The average molecular weight is 666 g/mol. The molecule has 1 aliphatic heterocycles. The van der Waals surface area contributed by atoms with Crippen molar-refractivity contribution in [1.29, 1.82) is 0 Å². The minimum absolute atomic E-state index is 0.452. The van der Waals surface area contributed by atoms with Crippen LogP contribution in [0.4, 0.5) is 5.69 Å². The van der Waals surface area contributed by atoms with Gasteiger partial charge in [0.2, 0.25) is 0 Å². The molecule has 0 radical (unpaired) electrons. The van der Waals surface area contributed by atoms with E-state index >= 15 is 0 Å². The summed E-state index contributed by atoms with van der Waals surface area (Å²) in [5, 5.41) is 0. The summed E-state index contributed by atoms with van der Waals surface area (Å²) in [7, 11) is 0. The summed E-state index contributed by atoms with van der Waals surface area (Å²) in [5.41, 5.74) is 17.1. The van der Waals surface area contributed by atoms with Crippen LogP contribution in [-0.4, -0.2) is 35.6 Å². The van der Waals surface area contributed by atoms with Gasteiger partial charge in [0.05, 0.1) is 6.61 Å². The number of unbranched alkanes of at least 4 members (excludes halogenated alkanes) is 1. The molecule has 6 rings (SSSR count). The van der Waals surface area contributed by atoms with Crippen LogP contribution in [0.15, 0.2) is 91.3 Å². The predicted molar refractivity (Wildman–Crippen MR) is 211 cm³/mol. The molecule has 0 N–H and O–H groups in total. The molecule has 0 amide bonds. The molecule has 0 spiro atoms. The number of aryl methyl sites for hydroxylation is 4. The number of hydrogen-bond acceptors (Lipinski definition) is 4. The first-order valence-corrected chi connectivity index (χ1v) is 18.6. The molecule has 1 fully saturated rings. The standard InChI is InChI=1S/C46H55N3O/c1-8-9-21-50-46-15-13-44(14-16-46)49(31-38-11-10-12-40(26-38)41-22-32(2)36(6)33(3)23-41)45-17-19-48(20-18-45)30-39-27-43(29-47-28-39)42-24-34(4)37(7)35(5)25-42/h10-16,22-29,45H,8-9,17-21,30-31H2,1-7H3. The predicted octanol–water partition coefficient (Wildman–Crippen LogP) is 11.1. The summed E-state index contributed by atoms with van der Waals surface area (Å²) >= 11 is 0. The van der Waals surface area contributed by atoms with Crippen molar-refractivity contribution in [2.75, 3.05) is 24.6 Å². The van der Waals surface area contributed by atoms with Crippen LogP contribution < -0.4 is 9.64 Å². The van der Waals surface area contributed by atoms with Gasteiger partial charge in [-0.1, -0.05) is 55.8 Å². The molecular formula is C46H55N3O. The normalized spacial score (nSPS) is 13.8. The Hall–Kier alpha value is -4.41. The minimum Gasteiger partial charge on any atom is -0.494 e. The number of rotatable bonds is 12.